The number of rotatable bonds is 8. The van der Waals surface area contributed by atoms with Gasteiger partial charge >= 0.3 is 5.97 Å². The lowest BCUT2D eigenvalue weighted by molar-refractivity contribution is -0.131. The Hall–Kier alpha value is -3.15. The first kappa shape index (κ1) is 19.2. The summed E-state index contributed by atoms with van der Waals surface area (Å²) in [4.78, 5) is 28.5. The Morgan fingerprint density at radius 3 is 2.46 bits per heavy atom. The zero-order valence-electron chi connectivity index (χ0n) is 14.8. The molecular weight excluding hydrogens is 332 g/mol. The van der Waals surface area contributed by atoms with Gasteiger partial charge in [-0.3, -0.25) is 4.79 Å². The zero-order valence-corrected chi connectivity index (χ0v) is 14.8. The summed E-state index contributed by atoms with van der Waals surface area (Å²) in [6.45, 7) is 2.17. The number of carbonyl (C=O) groups is 2. The van der Waals surface area contributed by atoms with Gasteiger partial charge in [0.15, 0.2) is 0 Å². The Morgan fingerprint density at radius 1 is 1.12 bits per heavy atom. The van der Waals surface area contributed by atoms with Gasteiger partial charge in [-0.15, -0.1) is 0 Å². The molecule has 0 spiro atoms. The monoisotopic (exact) mass is 354 g/mol. The van der Waals surface area contributed by atoms with Gasteiger partial charge in [-0.25, -0.2) is 4.79 Å². The molecule has 0 saturated heterocycles. The third-order valence-electron chi connectivity index (χ3n) is 3.68. The Balaban J connectivity index is 1.74. The highest BCUT2D eigenvalue weighted by Gasteiger charge is 2.13. The van der Waals surface area contributed by atoms with Gasteiger partial charge in [0, 0.05) is 6.54 Å². The zero-order chi connectivity index (χ0) is 18.8. The number of hydrogen-bond acceptors (Lipinski definition) is 5. The number of ether oxygens (including phenoxy) is 1. The second kappa shape index (κ2) is 9.98. The van der Waals surface area contributed by atoms with Gasteiger partial charge in [0.2, 0.25) is 6.10 Å². The first-order chi connectivity index (χ1) is 12.6. The van der Waals surface area contributed by atoms with E-state index in [0.29, 0.717) is 12.1 Å². The van der Waals surface area contributed by atoms with Crippen molar-refractivity contribution < 1.29 is 19.2 Å². The van der Waals surface area contributed by atoms with E-state index < -0.39 is 12.1 Å². The predicted molar refractivity (Wildman–Crippen MR) is 99.1 cm³/mol. The SMILES string of the molecule is COC(=O)c1ccc(C=NOC(C)C(=O)NCCc2ccccc2)cc1. The summed E-state index contributed by atoms with van der Waals surface area (Å²) in [6, 6.07) is 16.6. The first-order valence-corrected chi connectivity index (χ1v) is 8.29. The molecule has 2 aromatic carbocycles. The molecule has 6 nitrogen and oxygen atoms in total. The van der Waals surface area contributed by atoms with E-state index >= 15 is 0 Å². The summed E-state index contributed by atoms with van der Waals surface area (Å²) in [5, 5.41) is 6.64. The van der Waals surface area contributed by atoms with Gasteiger partial charge in [-0.2, -0.15) is 0 Å². The average molecular weight is 354 g/mol. The van der Waals surface area contributed by atoms with E-state index in [4.69, 9.17) is 4.84 Å². The minimum atomic E-state index is -0.698. The van der Waals surface area contributed by atoms with Gasteiger partial charge in [0.05, 0.1) is 18.9 Å². The molecule has 1 unspecified atom stereocenters. The van der Waals surface area contributed by atoms with Crippen LogP contribution < -0.4 is 5.32 Å². The van der Waals surface area contributed by atoms with E-state index in [2.05, 4.69) is 15.2 Å². The van der Waals surface area contributed by atoms with Crippen LogP contribution in [0.4, 0.5) is 0 Å². The van der Waals surface area contributed by atoms with Crippen molar-refractivity contribution in [2.75, 3.05) is 13.7 Å². The molecule has 2 rings (SSSR count). The Morgan fingerprint density at radius 2 is 1.81 bits per heavy atom. The molecule has 26 heavy (non-hydrogen) atoms. The van der Waals surface area contributed by atoms with Crippen molar-refractivity contribution in [3.63, 3.8) is 0 Å². The summed E-state index contributed by atoms with van der Waals surface area (Å²) in [5.41, 5.74) is 2.36. The fourth-order valence-electron chi connectivity index (χ4n) is 2.17. The molecule has 1 amide bonds. The van der Waals surface area contributed by atoms with Crippen molar-refractivity contribution in [1.29, 1.82) is 0 Å². The summed E-state index contributed by atoms with van der Waals surface area (Å²) >= 11 is 0. The number of benzene rings is 2. The number of oxime groups is 1. The quantitative estimate of drug-likeness (QED) is 0.449. The van der Waals surface area contributed by atoms with E-state index in [0.717, 1.165) is 17.5 Å². The van der Waals surface area contributed by atoms with Crippen LogP contribution in [0.5, 0.6) is 0 Å². The van der Waals surface area contributed by atoms with E-state index in [1.807, 2.05) is 30.3 Å². The maximum absolute atomic E-state index is 12.0. The molecule has 0 saturated carbocycles. The van der Waals surface area contributed by atoms with Gasteiger partial charge < -0.3 is 14.9 Å². The van der Waals surface area contributed by atoms with Gasteiger partial charge in [-0.1, -0.05) is 47.6 Å². The molecule has 0 fully saturated rings. The van der Waals surface area contributed by atoms with Crippen LogP contribution in [-0.2, 0) is 20.8 Å². The van der Waals surface area contributed by atoms with Crippen LogP contribution in [0.2, 0.25) is 0 Å². The molecule has 0 aliphatic rings. The number of esters is 1. The van der Waals surface area contributed by atoms with Crippen LogP contribution in [0.25, 0.3) is 0 Å². The Kier molecular flexibility index (Phi) is 7.36. The smallest absolute Gasteiger partial charge is 0.337 e. The second-order valence-electron chi connectivity index (χ2n) is 5.62. The maximum Gasteiger partial charge on any atom is 0.337 e. The molecule has 2 aromatic rings. The van der Waals surface area contributed by atoms with Gasteiger partial charge in [0.1, 0.15) is 0 Å². The van der Waals surface area contributed by atoms with Gasteiger partial charge in [-0.05, 0) is 36.6 Å². The molecule has 0 aliphatic carbocycles. The van der Waals surface area contributed by atoms with Crippen molar-refractivity contribution in [3.05, 3.63) is 71.3 Å². The molecule has 1 N–H and O–H groups in total. The lowest BCUT2D eigenvalue weighted by Gasteiger charge is -2.10. The Labute approximate surface area is 152 Å². The summed E-state index contributed by atoms with van der Waals surface area (Å²) in [6.07, 6.45) is 1.54. The van der Waals surface area contributed by atoms with E-state index in [-0.39, 0.29) is 5.91 Å². The molecule has 0 aliphatic heterocycles. The highest BCUT2D eigenvalue weighted by atomic mass is 16.6. The Bertz CT molecular complexity index is 742. The number of carbonyl (C=O) groups excluding carboxylic acids is 2. The number of hydrogen-bond donors (Lipinski definition) is 1. The lowest BCUT2D eigenvalue weighted by atomic mass is 10.1. The molecule has 0 bridgehead atoms. The van der Waals surface area contributed by atoms with Crippen molar-refractivity contribution in [2.24, 2.45) is 5.16 Å². The molecule has 1 atom stereocenters. The molecule has 0 radical (unpaired) electrons. The van der Waals surface area contributed by atoms with Crippen LogP contribution in [-0.4, -0.2) is 37.8 Å². The van der Waals surface area contributed by atoms with Crippen molar-refractivity contribution in [3.8, 4) is 0 Å². The van der Waals surface area contributed by atoms with Crippen LogP contribution >= 0.6 is 0 Å². The predicted octanol–water partition coefficient (Wildman–Crippen LogP) is 2.57. The topological polar surface area (TPSA) is 77.0 Å². The highest BCUT2D eigenvalue weighted by Crippen LogP contribution is 2.04. The number of nitrogens with zero attached hydrogens (tertiary/aromatic N) is 1. The minimum absolute atomic E-state index is 0.223. The molecular formula is C20H22N2O4. The molecule has 6 heteroatoms. The molecule has 0 heterocycles. The fourth-order valence-corrected chi connectivity index (χ4v) is 2.17. The summed E-state index contributed by atoms with van der Waals surface area (Å²) in [7, 11) is 1.33. The second-order valence-corrected chi connectivity index (χ2v) is 5.62. The molecule has 136 valence electrons. The maximum atomic E-state index is 12.0. The number of methoxy groups -OCH3 is 1. The largest absolute Gasteiger partial charge is 0.465 e. The lowest BCUT2D eigenvalue weighted by Crippen LogP contribution is -2.34. The summed E-state index contributed by atoms with van der Waals surface area (Å²) < 4.78 is 4.63. The van der Waals surface area contributed by atoms with Gasteiger partial charge in [0.25, 0.3) is 5.91 Å². The third kappa shape index (κ3) is 6.05. The standard InChI is InChI=1S/C20H22N2O4/c1-15(19(23)21-13-12-16-6-4-3-5-7-16)26-22-14-17-8-10-18(11-9-17)20(24)25-2/h3-11,14-15H,12-13H2,1-2H3,(H,21,23). The normalized spacial score (nSPS) is 11.8. The van der Waals surface area contributed by atoms with E-state index in [1.54, 1.807) is 31.2 Å². The summed E-state index contributed by atoms with van der Waals surface area (Å²) in [5.74, 6) is -0.621. The molecule has 0 aromatic heterocycles. The number of nitrogens with one attached hydrogen (secondary N) is 1. The number of amides is 1. The van der Waals surface area contributed by atoms with Crippen LogP contribution in [0, 0.1) is 0 Å². The highest BCUT2D eigenvalue weighted by molar-refractivity contribution is 5.90. The van der Waals surface area contributed by atoms with Crippen molar-refractivity contribution in [2.45, 2.75) is 19.4 Å². The average Bonchev–Trinajstić information content (AvgIpc) is 2.68. The van der Waals surface area contributed by atoms with Crippen molar-refractivity contribution >= 4 is 18.1 Å². The first-order valence-electron chi connectivity index (χ1n) is 8.29. The van der Waals surface area contributed by atoms with E-state index in [1.165, 1.54) is 13.3 Å². The van der Waals surface area contributed by atoms with Crippen LogP contribution in [0.15, 0.2) is 59.8 Å². The van der Waals surface area contributed by atoms with Crippen LogP contribution in [0.3, 0.4) is 0 Å². The van der Waals surface area contributed by atoms with Crippen molar-refractivity contribution in [1.82, 2.24) is 5.32 Å². The third-order valence-corrected chi connectivity index (χ3v) is 3.68. The fraction of sp³-hybridized carbons (Fsp3) is 0.250. The minimum Gasteiger partial charge on any atom is -0.465 e. The van der Waals surface area contributed by atoms with E-state index in [9.17, 15) is 9.59 Å². The van der Waals surface area contributed by atoms with Crippen LogP contribution in [0.1, 0.15) is 28.4 Å².